The fraction of sp³-hybridized carbons (Fsp3) is 0.200. The lowest BCUT2D eigenvalue weighted by molar-refractivity contribution is -0.113. The minimum Gasteiger partial charge on any atom is -0.489 e. The third kappa shape index (κ3) is 7.37. The number of aromatic nitrogens is 6. The van der Waals surface area contributed by atoms with Crippen molar-refractivity contribution < 1.29 is 28.7 Å². The number of Topliss-reactive ketones (excluding diaryl/α,β-unsaturated/α-hetero) is 4. The number of aromatic amines is 2. The van der Waals surface area contributed by atoms with Crippen LogP contribution in [0.15, 0.2) is 130 Å². The molecule has 4 aromatic carbocycles. The molecule has 6 heterocycles. The Morgan fingerprint density at radius 1 is 0.500 bits per heavy atom. The van der Waals surface area contributed by atoms with Crippen LogP contribution < -0.4 is 0 Å². The number of ketones is 4. The van der Waals surface area contributed by atoms with Gasteiger partial charge in [0.05, 0.1) is 44.2 Å². The molecule has 2 aliphatic heterocycles. The number of nitrogens with zero attached hydrogens (tertiary/aromatic N) is 4. The van der Waals surface area contributed by atoms with Gasteiger partial charge in [0.2, 0.25) is 23.1 Å². The number of thiazole rings is 2. The predicted octanol–water partition coefficient (Wildman–Crippen LogP) is 10.6. The molecule has 12 nitrogen and oxygen atoms in total. The SMILES string of the molecule is CC1OC2=C(C(=O)C(=O)c3ccccc32)C1(C)C.CC1OC2=C(C(=O)C(=O)c3ccccc32)C1(C)C.c1ccc2[nH]c(-c3cscn3)nc2c1.c1ccc2[nH]c(-c3cscn3)nc2c1. The molecule has 0 spiro atoms. The highest BCUT2D eigenvalue weighted by Gasteiger charge is 2.51. The second-order valence-electron chi connectivity index (χ2n) is 16.7. The average molecular weight is 887 g/mol. The van der Waals surface area contributed by atoms with Gasteiger partial charge in [0, 0.05) is 43.8 Å². The smallest absolute Gasteiger partial charge is 0.234 e. The lowest BCUT2D eigenvalue weighted by Crippen LogP contribution is -2.32. The fourth-order valence-electron chi connectivity index (χ4n) is 7.98. The van der Waals surface area contributed by atoms with Crippen molar-refractivity contribution in [1.29, 1.82) is 0 Å². The first-order valence-electron chi connectivity index (χ1n) is 20.6. The predicted molar refractivity (Wildman–Crippen MR) is 248 cm³/mol. The van der Waals surface area contributed by atoms with Crippen LogP contribution in [0.2, 0.25) is 0 Å². The summed E-state index contributed by atoms with van der Waals surface area (Å²) in [6.07, 6.45) is -0.212. The van der Waals surface area contributed by atoms with E-state index in [1.807, 2.05) is 136 Å². The van der Waals surface area contributed by atoms with Crippen molar-refractivity contribution in [3.8, 4) is 23.0 Å². The summed E-state index contributed by atoms with van der Waals surface area (Å²) in [4.78, 5) is 72.5. The van der Waals surface area contributed by atoms with Gasteiger partial charge in [-0.2, -0.15) is 0 Å². The largest absolute Gasteiger partial charge is 0.489 e. The molecule has 0 bridgehead atoms. The van der Waals surface area contributed by atoms with E-state index >= 15 is 0 Å². The Bertz CT molecular complexity index is 2910. The molecule has 14 heteroatoms. The molecule has 64 heavy (non-hydrogen) atoms. The van der Waals surface area contributed by atoms with E-state index in [0.717, 1.165) is 56.2 Å². The second-order valence-corrected chi connectivity index (χ2v) is 18.2. The summed E-state index contributed by atoms with van der Waals surface area (Å²) >= 11 is 3.15. The number of carbonyl (C=O) groups excluding carboxylic acids is 4. The third-order valence-electron chi connectivity index (χ3n) is 12.2. The molecule has 0 amide bonds. The van der Waals surface area contributed by atoms with Crippen molar-refractivity contribution in [2.45, 2.75) is 53.8 Å². The molecular formula is C50H42N6O6S2. The highest BCUT2D eigenvalue weighted by Crippen LogP contribution is 2.50. The Balaban J connectivity index is 0.000000109. The maximum Gasteiger partial charge on any atom is 0.234 e. The van der Waals surface area contributed by atoms with Crippen molar-refractivity contribution in [1.82, 2.24) is 29.9 Å². The van der Waals surface area contributed by atoms with Crippen LogP contribution in [0.1, 0.15) is 73.4 Å². The van der Waals surface area contributed by atoms with E-state index in [2.05, 4.69) is 29.9 Å². The molecule has 4 aliphatic rings. The summed E-state index contributed by atoms with van der Waals surface area (Å²) < 4.78 is 11.7. The van der Waals surface area contributed by atoms with E-state index in [1.54, 1.807) is 46.9 Å². The lowest BCUT2D eigenvalue weighted by Gasteiger charge is -2.24. The zero-order valence-corrected chi connectivity index (χ0v) is 37.4. The number of H-pyrrole nitrogens is 2. The fourth-order valence-corrected chi connectivity index (χ4v) is 9.06. The highest BCUT2D eigenvalue weighted by molar-refractivity contribution is 7.08. The van der Waals surface area contributed by atoms with Crippen molar-refractivity contribution in [2.24, 2.45) is 10.8 Å². The summed E-state index contributed by atoms with van der Waals surface area (Å²) in [6.45, 7) is 11.6. The molecule has 0 fully saturated rings. The minimum absolute atomic E-state index is 0.106. The van der Waals surface area contributed by atoms with Crippen LogP contribution in [-0.4, -0.2) is 65.2 Å². The molecule has 0 saturated heterocycles. The first-order valence-corrected chi connectivity index (χ1v) is 22.5. The van der Waals surface area contributed by atoms with Gasteiger partial charge in [-0.1, -0.05) is 100 Å². The molecule has 4 aromatic heterocycles. The van der Waals surface area contributed by atoms with Crippen LogP contribution in [0, 0.1) is 10.8 Å². The summed E-state index contributed by atoms with van der Waals surface area (Å²) in [5.41, 5.74) is 12.1. The number of carbonyl (C=O) groups is 4. The summed E-state index contributed by atoms with van der Waals surface area (Å²) in [5.74, 6) is 1.18. The third-order valence-corrected chi connectivity index (χ3v) is 13.4. The quantitative estimate of drug-likeness (QED) is 0.159. The number of fused-ring (bicyclic) bond motifs is 6. The number of imidazole rings is 2. The summed E-state index contributed by atoms with van der Waals surface area (Å²) in [5, 5.41) is 3.97. The minimum atomic E-state index is -0.421. The number of hydrogen-bond acceptors (Lipinski definition) is 12. The van der Waals surface area contributed by atoms with Crippen LogP contribution in [0.3, 0.4) is 0 Å². The molecule has 12 rings (SSSR count). The Morgan fingerprint density at radius 2 is 0.859 bits per heavy atom. The van der Waals surface area contributed by atoms with Crippen LogP contribution in [0.25, 0.3) is 56.6 Å². The van der Waals surface area contributed by atoms with Gasteiger partial charge in [0.1, 0.15) is 35.1 Å². The first kappa shape index (κ1) is 42.2. The number of nitrogens with one attached hydrogen (secondary N) is 2. The molecule has 8 aromatic rings. The monoisotopic (exact) mass is 886 g/mol. The van der Waals surface area contributed by atoms with Gasteiger partial charge in [0.15, 0.2) is 11.6 Å². The number of benzene rings is 4. The van der Waals surface area contributed by atoms with E-state index in [9.17, 15) is 19.2 Å². The lowest BCUT2D eigenvalue weighted by atomic mass is 9.74. The van der Waals surface area contributed by atoms with Crippen molar-refractivity contribution in [3.05, 3.63) is 152 Å². The molecule has 0 radical (unpaired) electrons. The highest BCUT2D eigenvalue weighted by atomic mass is 32.1. The molecule has 2 atom stereocenters. The van der Waals surface area contributed by atoms with Crippen LogP contribution in [0.4, 0.5) is 0 Å². The van der Waals surface area contributed by atoms with Gasteiger partial charge in [-0.3, -0.25) is 19.2 Å². The Hall–Kier alpha value is -7.16. The molecule has 2 N–H and O–H groups in total. The van der Waals surface area contributed by atoms with E-state index in [1.165, 1.54) is 0 Å². The summed E-state index contributed by atoms with van der Waals surface area (Å²) in [7, 11) is 0. The standard InChI is InChI=1S/2C15H14O3.2C10H7N3S/c2*1-8-15(2,3)11-13(17)12(16)9-6-4-5-7-10(9)14(11)18-8;2*1-2-4-8-7(3-1)12-10(13-8)9-5-14-6-11-9/h2*4-8H,1-3H3;2*1-6H,(H,12,13). The molecule has 320 valence electrons. The maximum atomic E-state index is 12.2. The van der Waals surface area contributed by atoms with Gasteiger partial charge >= 0.3 is 0 Å². The van der Waals surface area contributed by atoms with E-state index < -0.39 is 34.0 Å². The van der Waals surface area contributed by atoms with Crippen LogP contribution >= 0.6 is 22.7 Å². The average Bonchev–Trinajstić information content (AvgIpc) is 4.17. The first-order chi connectivity index (χ1) is 30.8. The topological polar surface area (TPSA) is 170 Å². The Kier molecular flexibility index (Phi) is 10.9. The number of rotatable bonds is 2. The second kappa shape index (κ2) is 16.5. The number of ether oxygens (including phenoxy) is 2. The van der Waals surface area contributed by atoms with Crippen molar-refractivity contribution in [3.63, 3.8) is 0 Å². The zero-order valence-electron chi connectivity index (χ0n) is 35.8. The number of para-hydroxylation sites is 4. The van der Waals surface area contributed by atoms with E-state index in [0.29, 0.717) is 33.8 Å². The van der Waals surface area contributed by atoms with Gasteiger partial charge in [-0.25, -0.2) is 19.9 Å². The molecule has 2 aliphatic carbocycles. The van der Waals surface area contributed by atoms with Gasteiger partial charge in [0.25, 0.3) is 0 Å². The van der Waals surface area contributed by atoms with Crippen molar-refractivity contribution >= 4 is 79.4 Å². The van der Waals surface area contributed by atoms with Gasteiger partial charge in [-0.15, -0.1) is 22.7 Å². The molecule has 0 saturated carbocycles. The zero-order chi connectivity index (χ0) is 44.9. The maximum absolute atomic E-state index is 12.2. The van der Waals surface area contributed by atoms with Crippen LogP contribution in [-0.2, 0) is 19.1 Å². The number of hydrogen-bond donors (Lipinski definition) is 2. The van der Waals surface area contributed by atoms with Crippen LogP contribution in [0.5, 0.6) is 0 Å². The Morgan fingerprint density at radius 3 is 1.22 bits per heavy atom. The Labute approximate surface area is 376 Å². The van der Waals surface area contributed by atoms with E-state index in [4.69, 9.17) is 9.47 Å². The normalized spacial score (nSPS) is 18.7. The molecule has 2 unspecified atom stereocenters. The van der Waals surface area contributed by atoms with Gasteiger partial charge < -0.3 is 19.4 Å². The van der Waals surface area contributed by atoms with Gasteiger partial charge in [-0.05, 0) is 38.1 Å². The summed E-state index contributed by atoms with van der Waals surface area (Å²) in [6, 6.07) is 30.2. The van der Waals surface area contributed by atoms with Crippen molar-refractivity contribution in [2.75, 3.05) is 0 Å². The molecular weight excluding hydrogens is 845 g/mol. The van der Waals surface area contributed by atoms with E-state index in [-0.39, 0.29) is 12.2 Å².